The highest BCUT2D eigenvalue weighted by atomic mass is 35.5. The molecule has 7 heteroatoms. The van der Waals surface area contributed by atoms with Crippen molar-refractivity contribution < 1.29 is 19.4 Å². The molecule has 1 heterocycles. The summed E-state index contributed by atoms with van der Waals surface area (Å²) in [7, 11) is 0. The molecule has 1 unspecified atom stereocenters. The first-order valence-electron chi connectivity index (χ1n) is 5.76. The number of hydrogen-bond acceptors (Lipinski definition) is 4. The molecule has 0 aliphatic carbocycles. The summed E-state index contributed by atoms with van der Waals surface area (Å²) in [5.74, 6) is -0.738. The van der Waals surface area contributed by atoms with Crippen molar-refractivity contribution in [2.75, 3.05) is 17.2 Å². The van der Waals surface area contributed by atoms with E-state index in [-0.39, 0.29) is 12.5 Å². The molecular formula is C12H13ClN2O4. The Bertz CT molecular complexity index is 533. The number of benzene rings is 1. The van der Waals surface area contributed by atoms with Gasteiger partial charge in [0.1, 0.15) is 11.8 Å². The first-order chi connectivity index (χ1) is 9.01. The highest BCUT2D eigenvalue weighted by Gasteiger charge is 2.21. The lowest BCUT2D eigenvalue weighted by atomic mass is 10.2. The maximum absolute atomic E-state index is 11.2. The van der Waals surface area contributed by atoms with Gasteiger partial charge in [-0.25, -0.2) is 4.79 Å². The van der Waals surface area contributed by atoms with Crippen LogP contribution in [0.1, 0.15) is 13.3 Å². The molecule has 1 aromatic carbocycles. The Kier molecular flexibility index (Phi) is 3.80. The number of carbonyl (C=O) groups is 2. The average Bonchev–Trinajstić information content (AvgIpc) is 2.35. The van der Waals surface area contributed by atoms with E-state index in [1.807, 2.05) is 0 Å². The van der Waals surface area contributed by atoms with Crippen LogP contribution in [-0.4, -0.2) is 29.6 Å². The summed E-state index contributed by atoms with van der Waals surface area (Å²) in [4.78, 5) is 22.1. The quantitative estimate of drug-likeness (QED) is 0.786. The van der Waals surface area contributed by atoms with Crippen molar-refractivity contribution in [3.8, 4) is 5.75 Å². The predicted octanol–water partition coefficient (Wildman–Crippen LogP) is 1.95. The van der Waals surface area contributed by atoms with Crippen LogP contribution in [0, 0.1) is 0 Å². The number of carboxylic acids is 1. The van der Waals surface area contributed by atoms with Crippen LogP contribution in [-0.2, 0) is 9.59 Å². The summed E-state index contributed by atoms with van der Waals surface area (Å²) < 4.78 is 5.25. The van der Waals surface area contributed by atoms with Gasteiger partial charge in [-0.3, -0.25) is 4.79 Å². The number of carboxylic acid groups (broad SMARTS) is 1. The Morgan fingerprint density at radius 1 is 1.63 bits per heavy atom. The number of nitrogens with one attached hydrogen (secondary N) is 2. The third-order valence-corrected chi connectivity index (χ3v) is 3.05. The lowest BCUT2D eigenvalue weighted by molar-refractivity contribution is -0.138. The van der Waals surface area contributed by atoms with Crippen molar-refractivity contribution in [2.24, 2.45) is 0 Å². The van der Waals surface area contributed by atoms with Gasteiger partial charge in [0.15, 0.2) is 6.61 Å². The van der Waals surface area contributed by atoms with Crippen molar-refractivity contribution in [3.63, 3.8) is 0 Å². The number of carbonyl (C=O) groups excluding carboxylic acids is 1. The van der Waals surface area contributed by atoms with E-state index >= 15 is 0 Å². The zero-order valence-corrected chi connectivity index (χ0v) is 11.0. The number of halogens is 1. The van der Waals surface area contributed by atoms with E-state index in [2.05, 4.69) is 10.6 Å². The van der Waals surface area contributed by atoms with Crippen LogP contribution in [0.15, 0.2) is 12.1 Å². The van der Waals surface area contributed by atoms with E-state index in [1.54, 1.807) is 13.0 Å². The predicted molar refractivity (Wildman–Crippen MR) is 70.9 cm³/mol. The Morgan fingerprint density at radius 2 is 2.37 bits per heavy atom. The lowest BCUT2D eigenvalue weighted by Crippen LogP contribution is -2.29. The van der Waals surface area contributed by atoms with Gasteiger partial charge in [-0.1, -0.05) is 18.5 Å². The van der Waals surface area contributed by atoms with Crippen molar-refractivity contribution in [2.45, 2.75) is 19.4 Å². The zero-order chi connectivity index (χ0) is 14.0. The Labute approximate surface area is 114 Å². The highest BCUT2D eigenvalue weighted by molar-refractivity contribution is 6.33. The maximum atomic E-state index is 11.2. The van der Waals surface area contributed by atoms with Crippen LogP contribution < -0.4 is 15.4 Å². The molecule has 0 fully saturated rings. The minimum atomic E-state index is -0.953. The third-order valence-electron chi connectivity index (χ3n) is 2.74. The largest absolute Gasteiger partial charge is 0.482 e. The Morgan fingerprint density at radius 3 is 3.00 bits per heavy atom. The van der Waals surface area contributed by atoms with Gasteiger partial charge in [0, 0.05) is 6.07 Å². The van der Waals surface area contributed by atoms with Crippen LogP contribution in [0.5, 0.6) is 5.75 Å². The first kappa shape index (κ1) is 13.5. The molecule has 1 aromatic rings. The van der Waals surface area contributed by atoms with Gasteiger partial charge < -0.3 is 20.5 Å². The molecule has 1 amide bonds. The number of aliphatic carboxylic acids is 1. The van der Waals surface area contributed by atoms with Gasteiger partial charge in [-0.05, 0) is 12.5 Å². The van der Waals surface area contributed by atoms with Gasteiger partial charge in [0.05, 0.1) is 16.4 Å². The molecule has 1 aliphatic heterocycles. The van der Waals surface area contributed by atoms with E-state index in [1.165, 1.54) is 6.07 Å². The summed E-state index contributed by atoms with van der Waals surface area (Å²) in [6, 6.07) is 2.39. The molecule has 19 heavy (non-hydrogen) atoms. The monoisotopic (exact) mass is 284 g/mol. The van der Waals surface area contributed by atoms with E-state index in [0.29, 0.717) is 28.6 Å². The van der Waals surface area contributed by atoms with Crippen molar-refractivity contribution >= 4 is 34.9 Å². The van der Waals surface area contributed by atoms with Crippen molar-refractivity contribution in [1.29, 1.82) is 0 Å². The Hall–Kier alpha value is -1.95. The third kappa shape index (κ3) is 2.90. The first-order valence-corrected chi connectivity index (χ1v) is 6.14. The smallest absolute Gasteiger partial charge is 0.326 e. The van der Waals surface area contributed by atoms with E-state index in [0.717, 1.165) is 0 Å². The van der Waals surface area contributed by atoms with Crippen LogP contribution >= 0.6 is 11.6 Å². The second kappa shape index (κ2) is 5.36. The van der Waals surface area contributed by atoms with Crippen LogP contribution in [0.4, 0.5) is 11.4 Å². The molecular weight excluding hydrogens is 272 g/mol. The number of amides is 1. The van der Waals surface area contributed by atoms with Gasteiger partial charge in [-0.15, -0.1) is 0 Å². The fraction of sp³-hybridized carbons (Fsp3) is 0.333. The normalized spacial score (nSPS) is 14.9. The molecule has 102 valence electrons. The zero-order valence-electron chi connectivity index (χ0n) is 10.2. The highest BCUT2D eigenvalue weighted by Crippen LogP contribution is 2.36. The standard InChI is InChI=1S/C12H13ClN2O4/c1-2-7(12(17)18)14-8-4-10-9(3-6(8)13)15-11(16)5-19-10/h3-4,7,14H,2,5H2,1H3,(H,15,16)(H,17,18). The molecule has 0 aromatic heterocycles. The van der Waals surface area contributed by atoms with Crippen molar-refractivity contribution in [3.05, 3.63) is 17.2 Å². The Balaban J connectivity index is 2.27. The number of rotatable bonds is 4. The summed E-state index contributed by atoms with van der Waals surface area (Å²) in [5.41, 5.74) is 0.945. The van der Waals surface area contributed by atoms with Gasteiger partial charge >= 0.3 is 5.97 Å². The fourth-order valence-electron chi connectivity index (χ4n) is 1.74. The number of fused-ring (bicyclic) bond motifs is 1. The van der Waals surface area contributed by atoms with Gasteiger partial charge in [-0.2, -0.15) is 0 Å². The van der Waals surface area contributed by atoms with Gasteiger partial charge in [0.25, 0.3) is 5.91 Å². The van der Waals surface area contributed by atoms with Crippen LogP contribution in [0.25, 0.3) is 0 Å². The molecule has 0 saturated heterocycles. The molecule has 1 aliphatic rings. The molecule has 1 atom stereocenters. The molecule has 3 N–H and O–H groups in total. The number of hydrogen-bond donors (Lipinski definition) is 3. The molecule has 0 radical (unpaired) electrons. The summed E-state index contributed by atoms with van der Waals surface area (Å²) >= 11 is 6.05. The number of anilines is 2. The molecule has 0 saturated carbocycles. The SMILES string of the molecule is CCC(Nc1cc2c(cc1Cl)NC(=O)CO2)C(=O)O. The average molecular weight is 285 g/mol. The lowest BCUT2D eigenvalue weighted by Gasteiger charge is -2.21. The molecule has 6 nitrogen and oxygen atoms in total. The van der Waals surface area contributed by atoms with Crippen molar-refractivity contribution in [1.82, 2.24) is 0 Å². The second-order valence-corrected chi connectivity index (χ2v) is 4.52. The molecule has 2 rings (SSSR count). The topological polar surface area (TPSA) is 87.7 Å². The fourth-order valence-corrected chi connectivity index (χ4v) is 1.96. The minimum absolute atomic E-state index is 0.0653. The second-order valence-electron chi connectivity index (χ2n) is 4.11. The van der Waals surface area contributed by atoms with Gasteiger partial charge in [0.2, 0.25) is 0 Å². The maximum Gasteiger partial charge on any atom is 0.326 e. The summed E-state index contributed by atoms with van der Waals surface area (Å²) in [6.07, 6.45) is 0.417. The van der Waals surface area contributed by atoms with E-state index < -0.39 is 12.0 Å². The van der Waals surface area contributed by atoms with Crippen LogP contribution in [0.2, 0.25) is 5.02 Å². The number of ether oxygens (including phenoxy) is 1. The van der Waals surface area contributed by atoms with E-state index in [9.17, 15) is 9.59 Å². The van der Waals surface area contributed by atoms with E-state index in [4.69, 9.17) is 21.4 Å². The summed E-state index contributed by atoms with van der Waals surface area (Å²) in [5, 5.41) is 14.8. The summed E-state index contributed by atoms with van der Waals surface area (Å²) in [6.45, 7) is 1.69. The molecule has 0 spiro atoms. The minimum Gasteiger partial charge on any atom is -0.482 e. The van der Waals surface area contributed by atoms with Crippen LogP contribution in [0.3, 0.4) is 0 Å². The molecule has 0 bridgehead atoms.